The molecule has 31 heavy (non-hydrogen) atoms. The van der Waals surface area contributed by atoms with Crippen molar-refractivity contribution in [2.24, 2.45) is 0 Å². The molecule has 3 heteroatoms. The van der Waals surface area contributed by atoms with Crippen LogP contribution in [0.3, 0.4) is 0 Å². The van der Waals surface area contributed by atoms with E-state index in [1.165, 1.54) is 11.1 Å². The van der Waals surface area contributed by atoms with Gasteiger partial charge in [-0.05, 0) is 33.7 Å². The van der Waals surface area contributed by atoms with Gasteiger partial charge in [-0.25, -0.2) is 4.98 Å². The van der Waals surface area contributed by atoms with Crippen LogP contribution in [0.25, 0.3) is 33.5 Å². The first-order valence-corrected chi connectivity index (χ1v) is 10.3. The summed E-state index contributed by atoms with van der Waals surface area (Å²) in [5, 5.41) is 9.70. The molecule has 0 aliphatic heterocycles. The molecule has 0 aliphatic carbocycles. The van der Waals surface area contributed by atoms with Gasteiger partial charge in [0.15, 0.2) is 0 Å². The number of benzene rings is 3. The molecular formula is C28H25N3. The van der Waals surface area contributed by atoms with Gasteiger partial charge in [0.2, 0.25) is 0 Å². The maximum atomic E-state index is 9.70. The van der Waals surface area contributed by atoms with Crippen molar-refractivity contribution < 1.29 is 0 Å². The van der Waals surface area contributed by atoms with Crippen LogP contribution in [0.4, 0.5) is 5.82 Å². The highest BCUT2D eigenvalue weighted by molar-refractivity contribution is 5.80. The van der Waals surface area contributed by atoms with E-state index in [0.717, 1.165) is 27.9 Å². The fourth-order valence-electron chi connectivity index (χ4n) is 3.67. The Labute approximate surface area is 183 Å². The molecule has 3 aromatic carbocycles. The van der Waals surface area contributed by atoms with Crippen molar-refractivity contribution >= 4 is 5.82 Å². The second kappa shape index (κ2) is 8.08. The maximum Gasteiger partial charge on any atom is 0.142 e. The monoisotopic (exact) mass is 403 g/mol. The molecule has 4 aromatic rings. The number of anilines is 1. The van der Waals surface area contributed by atoms with Crippen LogP contribution in [0, 0.1) is 11.3 Å². The number of nitrogens with two attached hydrogens (primary N) is 1. The van der Waals surface area contributed by atoms with Crippen LogP contribution in [0.5, 0.6) is 0 Å². The number of pyridine rings is 1. The summed E-state index contributed by atoms with van der Waals surface area (Å²) in [7, 11) is 0. The smallest absolute Gasteiger partial charge is 0.142 e. The molecule has 0 unspecified atom stereocenters. The molecule has 2 N–H and O–H groups in total. The highest BCUT2D eigenvalue weighted by Gasteiger charge is 2.16. The molecule has 0 amide bonds. The Morgan fingerprint density at radius 1 is 0.742 bits per heavy atom. The normalized spacial score (nSPS) is 11.2. The molecule has 0 atom stereocenters. The molecule has 0 spiro atoms. The zero-order valence-corrected chi connectivity index (χ0v) is 18.1. The second-order valence-electron chi connectivity index (χ2n) is 8.70. The zero-order valence-electron chi connectivity index (χ0n) is 18.1. The van der Waals surface area contributed by atoms with Gasteiger partial charge in [-0.1, -0.05) is 99.6 Å². The van der Waals surface area contributed by atoms with Gasteiger partial charge >= 0.3 is 0 Å². The maximum absolute atomic E-state index is 9.70. The Kier molecular flexibility index (Phi) is 5.31. The van der Waals surface area contributed by atoms with Crippen molar-refractivity contribution in [1.82, 2.24) is 4.98 Å². The van der Waals surface area contributed by atoms with E-state index < -0.39 is 0 Å². The Hall–Kier alpha value is -3.90. The average Bonchev–Trinajstić information content (AvgIpc) is 2.79. The van der Waals surface area contributed by atoms with Crippen LogP contribution in [-0.4, -0.2) is 4.98 Å². The van der Waals surface area contributed by atoms with Crippen molar-refractivity contribution in [2.45, 2.75) is 26.2 Å². The van der Waals surface area contributed by atoms with E-state index in [9.17, 15) is 5.26 Å². The third kappa shape index (κ3) is 4.20. The standard InChI is InChI=1S/C28H25N3/c1-28(2,3)23-15-13-21(14-16-23)24-17-26(31-27(30)25(24)18-29)22-11-9-20(10-12-22)19-7-5-4-6-8-19/h4-17H,1-3H3,(H2,30,31). The molecule has 4 rings (SSSR count). The molecule has 1 aromatic heterocycles. The Balaban J connectivity index is 1.75. The Morgan fingerprint density at radius 2 is 1.29 bits per heavy atom. The molecule has 3 nitrogen and oxygen atoms in total. The fourth-order valence-corrected chi connectivity index (χ4v) is 3.67. The van der Waals surface area contributed by atoms with Crippen LogP contribution >= 0.6 is 0 Å². The van der Waals surface area contributed by atoms with Gasteiger partial charge in [0.1, 0.15) is 17.5 Å². The van der Waals surface area contributed by atoms with Gasteiger partial charge in [-0.2, -0.15) is 5.26 Å². The lowest BCUT2D eigenvalue weighted by Crippen LogP contribution is -2.10. The summed E-state index contributed by atoms with van der Waals surface area (Å²) >= 11 is 0. The molecule has 0 radical (unpaired) electrons. The van der Waals surface area contributed by atoms with Crippen molar-refractivity contribution in [2.75, 3.05) is 5.73 Å². The van der Waals surface area contributed by atoms with Gasteiger partial charge in [0.05, 0.1) is 5.69 Å². The number of nitrogens with zero attached hydrogens (tertiary/aromatic N) is 2. The van der Waals surface area contributed by atoms with Crippen molar-refractivity contribution in [1.29, 1.82) is 5.26 Å². The summed E-state index contributed by atoms with van der Waals surface area (Å²) in [6, 6.07) is 31.0. The first kappa shape index (κ1) is 20.4. The molecule has 0 saturated heterocycles. The number of rotatable bonds is 3. The van der Waals surface area contributed by atoms with Crippen LogP contribution in [0.2, 0.25) is 0 Å². The predicted molar refractivity (Wildman–Crippen MR) is 128 cm³/mol. The van der Waals surface area contributed by atoms with Gasteiger partial charge < -0.3 is 5.73 Å². The largest absolute Gasteiger partial charge is 0.383 e. The SMILES string of the molecule is CC(C)(C)c1ccc(-c2cc(-c3ccc(-c4ccccc4)cc3)nc(N)c2C#N)cc1. The lowest BCUT2D eigenvalue weighted by Gasteiger charge is -2.19. The molecular weight excluding hydrogens is 378 g/mol. The molecule has 1 heterocycles. The summed E-state index contributed by atoms with van der Waals surface area (Å²) < 4.78 is 0. The van der Waals surface area contributed by atoms with Crippen LogP contribution in [-0.2, 0) is 5.41 Å². The molecule has 0 aliphatic rings. The van der Waals surface area contributed by atoms with Crippen LogP contribution in [0.1, 0.15) is 31.9 Å². The minimum absolute atomic E-state index is 0.0690. The highest BCUT2D eigenvalue weighted by Crippen LogP contribution is 2.33. The summed E-state index contributed by atoms with van der Waals surface area (Å²) in [4.78, 5) is 4.51. The van der Waals surface area contributed by atoms with E-state index in [1.54, 1.807) is 0 Å². The van der Waals surface area contributed by atoms with Crippen LogP contribution in [0.15, 0.2) is 84.9 Å². The van der Waals surface area contributed by atoms with E-state index >= 15 is 0 Å². The third-order valence-electron chi connectivity index (χ3n) is 5.51. The topological polar surface area (TPSA) is 62.7 Å². The first-order valence-electron chi connectivity index (χ1n) is 10.3. The average molecular weight is 404 g/mol. The number of aromatic nitrogens is 1. The van der Waals surface area contributed by atoms with E-state index in [1.807, 2.05) is 36.4 Å². The first-order chi connectivity index (χ1) is 14.9. The molecule has 0 fully saturated rings. The minimum Gasteiger partial charge on any atom is -0.383 e. The summed E-state index contributed by atoms with van der Waals surface area (Å²) in [6.07, 6.45) is 0. The third-order valence-corrected chi connectivity index (χ3v) is 5.51. The van der Waals surface area contributed by atoms with Crippen molar-refractivity contribution in [3.63, 3.8) is 0 Å². The van der Waals surface area contributed by atoms with Gasteiger partial charge in [0, 0.05) is 11.1 Å². The summed E-state index contributed by atoms with van der Waals surface area (Å²) in [6.45, 7) is 6.55. The van der Waals surface area contributed by atoms with Gasteiger partial charge in [-0.15, -0.1) is 0 Å². The molecule has 0 saturated carbocycles. The number of nitriles is 1. The Bertz CT molecular complexity index is 1240. The Morgan fingerprint density at radius 3 is 1.87 bits per heavy atom. The van der Waals surface area contributed by atoms with E-state index in [4.69, 9.17) is 5.73 Å². The van der Waals surface area contributed by atoms with Crippen molar-refractivity contribution in [3.8, 4) is 39.6 Å². The summed E-state index contributed by atoms with van der Waals surface area (Å²) in [5.74, 6) is 0.252. The van der Waals surface area contributed by atoms with E-state index in [0.29, 0.717) is 5.56 Å². The van der Waals surface area contributed by atoms with Gasteiger partial charge in [-0.3, -0.25) is 0 Å². The van der Waals surface area contributed by atoms with Crippen LogP contribution < -0.4 is 5.73 Å². The number of hydrogen-bond donors (Lipinski definition) is 1. The van der Waals surface area contributed by atoms with Gasteiger partial charge in [0.25, 0.3) is 0 Å². The minimum atomic E-state index is 0.0690. The lowest BCUT2D eigenvalue weighted by atomic mass is 9.86. The van der Waals surface area contributed by atoms with E-state index in [2.05, 4.69) is 80.4 Å². The fraction of sp³-hybridized carbons (Fsp3) is 0.143. The number of nitrogen functional groups attached to an aromatic ring is 1. The summed E-state index contributed by atoms with van der Waals surface area (Å²) in [5.41, 5.74) is 13.7. The zero-order chi connectivity index (χ0) is 22.0. The number of hydrogen-bond acceptors (Lipinski definition) is 3. The van der Waals surface area contributed by atoms with E-state index in [-0.39, 0.29) is 11.2 Å². The highest BCUT2D eigenvalue weighted by atomic mass is 14.8. The quantitative estimate of drug-likeness (QED) is 0.407. The lowest BCUT2D eigenvalue weighted by molar-refractivity contribution is 0.590. The second-order valence-corrected chi connectivity index (χ2v) is 8.70. The molecule has 152 valence electrons. The van der Waals surface area contributed by atoms with Crippen molar-refractivity contribution in [3.05, 3.63) is 96.1 Å². The molecule has 0 bridgehead atoms. The predicted octanol–water partition coefficient (Wildman–Crippen LogP) is 6.83.